The summed E-state index contributed by atoms with van der Waals surface area (Å²) < 4.78 is 13.2. The number of non-ortho nitro benzene ring substituents is 1. The van der Waals surface area contributed by atoms with Gasteiger partial charge in [0.25, 0.3) is 5.69 Å². The topological polar surface area (TPSA) is 115 Å². The van der Waals surface area contributed by atoms with E-state index < -0.39 is 10.7 Å². The number of hydrogen-bond donors (Lipinski definition) is 1. The van der Waals surface area contributed by atoms with Crippen LogP contribution < -0.4 is 0 Å². The van der Waals surface area contributed by atoms with Crippen molar-refractivity contribution in [1.29, 1.82) is 0 Å². The molecule has 2 aliphatic heterocycles. The zero-order chi connectivity index (χ0) is 21.6. The predicted octanol–water partition coefficient (Wildman–Crippen LogP) is 2.90. The number of fused-ring (bicyclic) bond motifs is 1. The average Bonchev–Trinajstić information content (AvgIpc) is 3.48. The molecule has 2 aromatic heterocycles. The summed E-state index contributed by atoms with van der Waals surface area (Å²) in [7, 11) is 0. The van der Waals surface area contributed by atoms with Crippen molar-refractivity contribution in [2.45, 2.75) is 38.0 Å². The van der Waals surface area contributed by atoms with Crippen LogP contribution in [0.4, 0.5) is 5.69 Å². The molecule has 0 aliphatic carbocycles. The first-order chi connectivity index (χ1) is 15.0. The third-order valence-corrected chi connectivity index (χ3v) is 7.04. The normalized spacial score (nSPS) is 19.9. The molecule has 10 nitrogen and oxygen atoms in total. The first-order valence-electron chi connectivity index (χ1n) is 10.3. The summed E-state index contributed by atoms with van der Waals surface area (Å²) >= 11 is 1.39. The van der Waals surface area contributed by atoms with Crippen LogP contribution >= 0.6 is 11.3 Å². The fourth-order valence-electron chi connectivity index (χ4n) is 4.33. The van der Waals surface area contributed by atoms with Gasteiger partial charge in [-0.3, -0.25) is 15.0 Å². The molecule has 2 saturated heterocycles. The second kappa shape index (κ2) is 7.83. The third-order valence-electron chi connectivity index (χ3n) is 5.97. The summed E-state index contributed by atoms with van der Waals surface area (Å²) in [5.41, 5.74) is 0.901. The predicted molar refractivity (Wildman–Crippen MR) is 112 cm³/mol. The van der Waals surface area contributed by atoms with Crippen LogP contribution in [0.25, 0.3) is 4.96 Å². The Labute approximate surface area is 182 Å². The van der Waals surface area contributed by atoms with E-state index in [1.807, 2.05) is 6.92 Å². The summed E-state index contributed by atoms with van der Waals surface area (Å²) in [6, 6.07) is 6.23. The molecule has 1 atom stereocenters. The summed E-state index contributed by atoms with van der Waals surface area (Å²) in [5, 5.41) is 26.5. The number of nitrogens with zero attached hydrogens (tertiary/aromatic N) is 5. The van der Waals surface area contributed by atoms with Crippen LogP contribution in [0.3, 0.4) is 0 Å². The quantitative estimate of drug-likeness (QED) is 0.471. The minimum atomic E-state index is -0.514. The molecule has 5 rings (SSSR count). The molecule has 1 N–H and O–H groups in total. The van der Waals surface area contributed by atoms with Gasteiger partial charge in [0.1, 0.15) is 0 Å². The van der Waals surface area contributed by atoms with E-state index in [0.717, 1.165) is 23.3 Å². The van der Waals surface area contributed by atoms with Gasteiger partial charge < -0.3 is 14.6 Å². The highest BCUT2D eigenvalue weighted by atomic mass is 32.1. The van der Waals surface area contributed by atoms with Crippen molar-refractivity contribution in [2.24, 2.45) is 0 Å². The standard InChI is InChI=1S/C20H23N5O5S/c1-2-15-21-19-24(22-15)18(26)17(31-19)16(13-3-5-14(6-4-13)25(27)28)23-9-7-20(8-10-23)29-11-12-30-20/h3-6,16,26H,2,7-12H2,1H3. The van der Waals surface area contributed by atoms with E-state index in [2.05, 4.69) is 15.0 Å². The molecule has 11 heteroatoms. The number of ether oxygens (including phenoxy) is 2. The Morgan fingerprint density at radius 3 is 2.52 bits per heavy atom. The maximum Gasteiger partial charge on any atom is 0.269 e. The average molecular weight is 446 g/mol. The number of thiazole rings is 1. The van der Waals surface area contributed by atoms with Crippen LogP contribution in [0, 0.1) is 10.1 Å². The second-order valence-electron chi connectivity index (χ2n) is 7.76. The van der Waals surface area contributed by atoms with E-state index in [0.29, 0.717) is 43.5 Å². The molecular weight excluding hydrogens is 422 g/mol. The first-order valence-corrected chi connectivity index (χ1v) is 11.1. The van der Waals surface area contributed by atoms with Gasteiger partial charge in [0.05, 0.1) is 29.1 Å². The number of nitro groups is 1. The van der Waals surface area contributed by atoms with Crippen molar-refractivity contribution in [2.75, 3.05) is 26.3 Å². The Bertz CT molecular complexity index is 1100. The van der Waals surface area contributed by atoms with E-state index in [9.17, 15) is 15.2 Å². The molecule has 0 amide bonds. The summed E-state index contributed by atoms with van der Waals surface area (Å²) in [6.07, 6.45) is 2.12. The van der Waals surface area contributed by atoms with E-state index in [-0.39, 0.29) is 17.6 Å². The lowest BCUT2D eigenvalue weighted by Crippen LogP contribution is -2.46. The Morgan fingerprint density at radius 1 is 1.26 bits per heavy atom. The molecule has 4 heterocycles. The zero-order valence-electron chi connectivity index (χ0n) is 17.1. The SMILES string of the molecule is CCc1nc2sc(C(c3ccc([N+](=O)[O-])cc3)N3CCC4(CC3)OCCO4)c(O)n2n1. The van der Waals surface area contributed by atoms with Crippen LogP contribution in [0.15, 0.2) is 24.3 Å². The molecule has 2 aliphatic rings. The van der Waals surface area contributed by atoms with Crippen molar-refractivity contribution in [1.82, 2.24) is 19.5 Å². The minimum Gasteiger partial charge on any atom is -0.492 e. The van der Waals surface area contributed by atoms with Crippen LogP contribution in [-0.4, -0.2) is 61.6 Å². The maximum atomic E-state index is 11.1. The van der Waals surface area contributed by atoms with Gasteiger partial charge in [-0.15, -0.1) is 5.10 Å². The smallest absolute Gasteiger partial charge is 0.269 e. The highest BCUT2D eigenvalue weighted by molar-refractivity contribution is 7.17. The summed E-state index contributed by atoms with van der Waals surface area (Å²) in [5.74, 6) is 0.222. The van der Waals surface area contributed by atoms with Gasteiger partial charge in [-0.25, -0.2) is 4.98 Å². The van der Waals surface area contributed by atoms with E-state index in [1.165, 1.54) is 28.0 Å². The molecule has 1 unspecified atom stereocenters. The number of likely N-dealkylation sites (tertiary alicyclic amines) is 1. The van der Waals surface area contributed by atoms with Crippen LogP contribution in [0.2, 0.25) is 0 Å². The fraction of sp³-hybridized carbons (Fsp3) is 0.500. The molecule has 2 fully saturated rings. The number of aromatic nitrogens is 3. The summed E-state index contributed by atoms with van der Waals surface area (Å²) in [4.78, 5) is 18.8. The van der Waals surface area contributed by atoms with Gasteiger partial charge >= 0.3 is 0 Å². The summed E-state index contributed by atoms with van der Waals surface area (Å²) in [6.45, 7) is 4.60. The van der Waals surface area contributed by atoms with E-state index in [1.54, 1.807) is 12.1 Å². The van der Waals surface area contributed by atoms with Gasteiger partial charge in [-0.2, -0.15) is 4.52 Å². The minimum absolute atomic E-state index is 0.0345. The molecule has 1 spiro atoms. The highest BCUT2D eigenvalue weighted by Crippen LogP contribution is 2.43. The number of nitro benzene ring substituents is 1. The van der Waals surface area contributed by atoms with Crippen molar-refractivity contribution >= 4 is 22.0 Å². The molecule has 164 valence electrons. The third kappa shape index (κ3) is 3.57. The number of hydrogen-bond acceptors (Lipinski definition) is 9. The molecule has 0 bridgehead atoms. The molecule has 0 saturated carbocycles. The Balaban J connectivity index is 1.52. The van der Waals surface area contributed by atoms with Crippen molar-refractivity contribution in [3.8, 4) is 5.88 Å². The van der Waals surface area contributed by atoms with Gasteiger partial charge in [0.2, 0.25) is 10.8 Å². The fourth-order valence-corrected chi connectivity index (χ4v) is 5.47. The zero-order valence-corrected chi connectivity index (χ0v) is 17.9. The first kappa shape index (κ1) is 20.3. The maximum absolute atomic E-state index is 11.1. The number of aryl methyl sites for hydroxylation is 1. The van der Waals surface area contributed by atoms with Gasteiger partial charge in [-0.05, 0) is 5.56 Å². The molecule has 1 aromatic carbocycles. The Morgan fingerprint density at radius 2 is 1.94 bits per heavy atom. The van der Waals surface area contributed by atoms with Crippen molar-refractivity contribution < 1.29 is 19.5 Å². The largest absolute Gasteiger partial charge is 0.492 e. The number of piperidine rings is 1. The lowest BCUT2D eigenvalue weighted by atomic mass is 9.97. The van der Waals surface area contributed by atoms with Crippen LogP contribution in [-0.2, 0) is 15.9 Å². The van der Waals surface area contributed by atoms with E-state index in [4.69, 9.17) is 9.47 Å². The lowest BCUT2D eigenvalue weighted by molar-refractivity contribution is -0.384. The monoisotopic (exact) mass is 445 g/mol. The van der Waals surface area contributed by atoms with E-state index >= 15 is 0 Å². The molecule has 3 aromatic rings. The van der Waals surface area contributed by atoms with Crippen molar-refractivity contribution in [3.05, 3.63) is 50.6 Å². The number of benzene rings is 1. The van der Waals surface area contributed by atoms with Gasteiger partial charge in [0, 0.05) is 44.5 Å². The van der Waals surface area contributed by atoms with Gasteiger partial charge in [-0.1, -0.05) is 30.4 Å². The molecule has 0 radical (unpaired) electrons. The number of aromatic hydroxyl groups is 1. The van der Waals surface area contributed by atoms with Crippen LogP contribution in [0.5, 0.6) is 5.88 Å². The van der Waals surface area contributed by atoms with Gasteiger partial charge in [0.15, 0.2) is 11.6 Å². The second-order valence-corrected chi connectivity index (χ2v) is 8.77. The Hall–Kier alpha value is -2.60. The lowest BCUT2D eigenvalue weighted by Gasteiger charge is -2.41. The highest BCUT2D eigenvalue weighted by Gasteiger charge is 2.42. The molecular formula is C20H23N5O5S. The number of rotatable bonds is 5. The van der Waals surface area contributed by atoms with Crippen molar-refractivity contribution in [3.63, 3.8) is 0 Å². The Kier molecular flexibility index (Phi) is 5.13. The molecule has 31 heavy (non-hydrogen) atoms. The van der Waals surface area contributed by atoms with Crippen LogP contribution in [0.1, 0.15) is 42.1 Å².